The van der Waals surface area contributed by atoms with Gasteiger partial charge in [-0.25, -0.2) is 9.67 Å². The quantitative estimate of drug-likeness (QED) is 0.470. The van der Waals surface area contributed by atoms with Crippen LogP contribution < -0.4 is 10.2 Å². The van der Waals surface area contributed by atoms with Crippen LogP contribution >= 0.6 is 11.3 Å². The van der Waals surface area contributed by atoms with Gasteiger partial charge in [-0.1, -0.05) is 29.5 Å². The number of amides is 1. The van der Waals surface area contributed by atoms with Crippen molar-refractivity contribution in [1.82, 2.24) is 14.8 Å². The zero-order valence-electron chi connectivity index (χ0n) is 17.2. The van der Waals surface area contributed by atoms with E-state index in [-0.39, 0.29) is 5.69 Å². The van der Waals surface area contributed by atoms with E-state index in [1.165, 1.54) is 23.5 Å². The third kappa shape index (κ3) is 4.29. The second-order valence-electron chi connectivity index (χ2n) is 7.38. The molecular formula is C22H18F3N5O2S. The van der Waals surface area contributed by atoms with E-state index in [1.807, 2.05) is 0 Å². The van der Waals surface area contributed by atoms with E-state index < -0.39 is 23.3 Å². The average Bonchev–Trinajstić information content (AvgIpc) is 3.45. The summed E-state index contributed by atoms with van der Waals surface area (Å²) in [5.74, 6) is -0.887. The molecule has 2 aromatic carbocycles. The number of ether oxygens (including phenoxy) is 1. The number of fused-ring (bicyclic) bond motifs is 1. The van der Waals surface area contributed by atoms with E-state index in [2.05, 4.69) is 20.3 Å². The SMILES string of the molecule is O=C(Nc1ccc2nc(N3CCOCC3)sc2c1)c1cnn(-c2ccccc2)c1C(F)(F)F. The number of carbonyl (C=O) groups is 1. The molecule has 11 heteroatoms. The van der Waals surface area contributed by atoms with Crippen molar-refractivity contribution in [3.05, 3.63) is 66.0 Å². The Morgan fingerprint density at radius 2 is 1.85 bits per heavy atom. The number of nitrogens with zero attached hydrogens (tertiary/aromatic N) is 4. The summed E-state index contributed by atoms with van der Waals surface area (Å²) in [5.41, 5.74) is -0.326. The normalized spacial score (nSPS) is 14.6. The lowest BCUT2D eigenvalue weighted by atomic mass is 10.2. The Morgan fingerprint density at radius 3 is 2.58 bits per heavy atom. The first-order valence-electron chi connectivity index (χ1n) is 10.2. The summed E-state index contributed by atoms with van der Waals surface area (Å²) < 4.78 is 48.5. The molecule has 0 spiro atoms. The molecule has 4 aromatic rings. The Hall–Kier alpha value is -3.44. The number of benzene rings is 2. The van der Waals surface area contributed by atoms with Gasteiger partial charge < -0.3 is 15.0 Å². The third-order valence-corrected chi connectivity index (χ3v) is 6.28. The highest BCUT2D eigenvalue weighted by Gasteiger charge is 2.40. The number of rotatable bonds is 4. The summed E-state index contributed by atoms with van der Waals surface area (Å²) in [4.78, 5) is 19.6. The van der Waals surface area contributed by atoms with Crippen LogP contribution in [0.25, 0.3) is 15.9 Å². The molecule has 0 unspecified atom stereocenters. The first-order valence-corrected chi connectivity index (χ1v) is 11.0. The van der Waals surface area contributed by atoms with E-state index in [9.17, 15) is 18.0 Å². The van der Waals surface area contributed by atoms with Crippen molar-refractivity contribution in [3.63, 3.8) is 0 Å². The number of para-hydroxylation sites is 1. The molecule has 170 valence electrons. The van der Waals surface area contributed by atoms with Crippen LogP contribution in [0.2, 0.25) is 0 Å². The van der Waals surface area contributed by atoms with Gasteiger partial charge in [-0.2, -0.15) is 18.3 Å². The Kier molecular flexibility index (Phi) is 5.51. The van der Waals surface area contributed by atoms with Gasteiger partial charge in [-0.3, -0.25) is 4.79 Å². The van der Waals surface area contributed by atoms with Crippen LogP contribution in [0.1, 0.15) is 16.1 Å². The van der Waals surface area contributed by atoms with Gasteiger partial charge in [0.2, 0.25) is 0 Å². The predicted octanol–water partition coefficient (Wildman–Crippen LogP) is 4.59. The molecule has 5 rings (SSSR count). The zero-order chi connectivity index (χ0) is 23.0. The Labute approximate surface area is 190 Å². The molecule has 1 aliphatic heterocycles. The van der Waals surface area contributed by atoms with Gasteiger partial charge in [0, 0.05) is 18.8 Å². The standard InChI is InChI=1S/C22H18F3N5O2S/c23-22(24,25)19-16(13-26-30(19)15-4-2-1-3-5-15)20(31)27-14-6-7-17-18(12-14)33-21(28-17)29-8-10-32-11-9-29/h1-7,12-13H,8-11H2,(H,27,31). The number of morpholine rings is 1. The minimum Gasteiger partial charge on any atom is -0.378 e. The second kappa shape index (κ2) is 8.49. The highest BCUT2D eigenvalue weighted by Crippen LogP contribution is 2.35. The van der Waals surface area contributed by atoms with Crippen LogP contribution in [0.3, 0.4) is 0 Å². The Morgan fingerprint density at radius 1 is 1.09 bits per heavy atom. The molecule has 0 bridgehead atoms. The van der Waals surface area contributed by atoms with Crippen molar-refractivity contribution < 1.29 is 22.7 Å². The van der Waals surface area contributed by atoms with Gasteiger partial charge >= 0.3 is 6.18 Å². The van der Waals surface area contributed by atoms with Crippen molar-refractivity contribution >= 4 is 38.3 Å². The highest BCUT2D eigenvalue weighted by atomic mass is 32.1. The molecule has 0 atom stereocenters. The number of nitrogens with one attached hydrogen (secondary N) is 1. The van der Waals surface area contributed by atoms with Crippen LogP contribution in [-0.4, -0.2) is 47.0 Å². The molecule has 1 aliphatic rings. The van der Waals surface area contributed by atoms with Crippen molar-refractivity contribution in [2.75, 3.05) is 36.5 Å². The van der Waals surface area contributed by atoms with E-state index in [1.54, 1.807) is 36.4 Å². The van der Waals surface area contributed by atoms with Gasteiger partial charge in [0.25, 0.3) is 5.91 Å². The average molecular weight is 473 g/mol. The maximum absolute atomic E-state index is 13.9. The number of thiazole rings is 1. The van der Waals surface area contributed by atoms with E-state index in [4.69, 9.17) is 4.74 Å². The molecule has 0 radical (unpaired) electrons. The van der Waals surface area contributed by atoms with Gasteiger partial charge in [0.1, 0.15) is 0 Å². The topological polar surface area (TPSA) is 72.3 Å². The number of anilines is 2. The molecule has 0 saturated carbocycles. The van der Waals surface area contributed by atoms with Crippen LogP contribution in [0.4, 0.5) is 24.0 Å². The molecule has 1 saturated heterocycles. The second-order valence-corrected chi connectivity index (χ2v) is 8.39. The zero-order valence-corrected chi connectivity index (χ0v) is 18.0. The fourth-order valence-corrected chi connectivity index (χ4v) is 4.69. The molecule has 1 amide bonds. The number of alkyl halides is 3. The van der Waals surface area contributed by atoms with Gasteiger partial charge in [0.05, 0.1) is 40.9 Å². The largest absolute Gasteiger partial charge is 0.434 e. The summed E-state index contributed by atoms with van der Waals surface area (Å²) in [6, 6.07) is 13.0. The van der Waals surface area contributed by atoms with Crippen molar-refractivity contribution in [2.24, 2.45) is 0 Å². The molecule has 33 heavy (non-hydrogen) atoms. The van der Waals surface area contributed by atoms with Crippen LogP contribution in [0.5, 0.6) is 0 Å². The fourth-order valence-electron chi connectivity index (χ4n) is 3.63. The molecule has 0 aliphatic carbocycles. The van der Waals surface area contributed by atoms with E-state index in [0.29, 0.717) is 18.9 Å². The van der Waals surface area contributed by atoms with Crippen molar-refractivity contribution in [3.8, 4) is 5.69 Å². The maximum atomic E-state index is 13.9. The third-order valence-electron chi connectivity index (χ3n) is 5.20. The van der Waals surface area contributed by atoms with Crippen LogP contribution in [0, 0.1) is 0 Å². The van der Waals surface area contributed by atoms with Gasteiger partial charge in [0.15, 0.2) is 10.8 Å². The van der Waals surface area contributed by atoms with Crippen LogP contribution in [-0.2, 0) is 10.9 Å². The number of carbonyl (C=O) groups excluding carboxylic acids is 1. The molecule has 2 aromatic heterocycles. The lowest BCUT2D eigenvalue weighted by Crippen LogP contribution is -2.36. The lowest BCUT2D eigenvalue weighted by Gasteiger charge is -2.25. The number of hydrogen-bond acceptors (Lipinski definition) is 6. The fraction of sp³-hybridized carbons (Fsp3) is 0.227. The number of hydrogen-bond donors (Lipinski definition) is 1. The Bertz CT molecular complexity index is 1300. The summed E-state index contributed by atoms with van der Waals surface area (Å²) in [6.07, 6.45) is -3.83. The lowest BCUT2D eigenvalue weighted by molar-refractivity contribution is -0.143. The van der Waals surface area contributed by atoms with E-state index >= 15 is 0 Å². The van der Waals surface area contributed by atoms with Crippen molar-refractivity contribution in [1.29, 1.82) is 0 Å². The maximum Gasteiger partial charge on any atom is 0.434 e. The van der Waals surface area contributed by atoms with Gasteiger partial charge in [-0.15, -0.1) is 0 Å². The number of halogens is 3. The molecule has 1 fully saturated rings. The van der Waals surface area contributed by atoms with Crippen LogP contribution in [0.15, 0.2) is 54.7 Å². The monoisotopic (exact) mass is 473 g/mol. The molecule has 1 N–H and O–H groups in total. The summed E-state index contributed by atoms with van der Waals surface area (Å²) >= 11 is 1.46. The minimum absolute atomic E-state index is 0.214. The highest BCUT2D eigenvalue weighted by molar-refractivity contribution is 7.22. The Balaban J connectivity index is 1.43. The molecule has 3 heterocycles. The molecular weight excluding hydrogens is 455 g/mol. The first-order chi connectivity index (χ1) is 15.9. The number of aromatic nitrogens is 3. The van der Waals surface area contributed by atoms with E-state index in [0.717, 1.165) is 39.3 Å². The minimum atomic E-state index is -4.77. The summed E-state index contributed by atoms with van der Waals surface area (Å²) in [6.45, 7) is 2.76. The predicted molar refractivity (Wildman–Crippen MR) is 119 cm³/mol. The molecule has 7 nitrogen and oxygen atoms in total. The van der Waals surface area contributed by atoms with Gasteiger partial charge in [-0.05, 0) is 30.3 Å². The summed E-state index contributed by atoms with van der Waals surface area (Å²) in [5, 5.41) is 7.25. The first kappa shape index (κ1) is 21.4. The smallest absolute Gasteiger partial charge is 0.378 e. The van der Waals surface area contributed by atoms with Crippen molar-refractivity contribution in [2.45, 2.75) is 6.18 Å². The summed E-state index contributed by atoms with van der Waals surface area (Å²) in [7, 11) is 0.